The fourth-order valence-corrected chi connectivity index (χ4v) is 1.15. The Morgan fingerprint density at radius 3 is 3.00 bits per heavy atom. The summed E-state index contributed by atoms with van der Waals surface area (Å²) in [6.45, 7) is 0. The Morgan fingerprint density at radius 2 is 2.38 bits per heavy atom. The predicted octanol–water partition coefficient (Wildman–Crippen LogP) is 1.77. The highest BCUT2D eigenvalue weighted by Crippen LogP contribution is 2.11. The van der Waals surface area contributed by atoms with Crippen molar-refractivity contribution in [3.63, 3.8) is 0 Å². The molecule has 0 aliphatic carbocycles. The lowest BCUT2D eigenvalue weighted by Gasteiger charge is -2.04. The average molecular weight is 197 g/mol. The van der Waals surface area contributed by atoms with Crippen LogP contribution in [-0.4, -0.2) is 19.0 Å². The normalized spacial score (nSPS) is 9.38. The van der Waals surface area contributed by atoms with E-state index >= 15 is 0 Å². The number of hydrogen-bond donors (Lipinski definition) is 2. The molecule has 3 nitrogen and oxygen atoms in total. The van der Waals surface area contributed by atoms with E-state index in [-0.39, 0.29) is 5.97 Å². The Hall–Kier alpha value is -1.16. The number of carbonyl (C=O) groups is 1. The zero-order valence-electron chi connectivity index (χ0n) is 7.28. The maximum Gasteiger partial charge on any atom is 0.337 e. The topological polar surface area (TPSA) is 38.3 Å². The number of benzene rings is 1. The van der Waals surface area contributed by atoms with Crippen LogP contribution in [0, 0.1) is 0 Å². The van der Waals surface area contributed by atoms with Gasteiger partial charge in [0, 0.05) is 5.69 Å². The lowest BCUT2D eigenvalue weighted by molar-refractivity contribution is 0.0601. The monoisotopic (exact) mass is 197 g/mol. The molecule has 0 fully saturated rings. The third kappa shape index (κ3) is 2.66. The Balaban J connectivity index is 2.85. The van der Waals surface area contributed by atoms with Crippen LogP contribution in [-0.2, 0) is 4.74 Å². The molecule has 1 N–H and O–H groups in total. The molecular weight excluding hydrogens is 186 g/mol. The number of hydrogen-bond acceptors (Lipinski definition) is 4. The van der Waals surface area contributed by atoms with E-state index in [0.717, 1.165) is 5.69 Å². The summed E-state index contributed by atoms with van der Waals surface area (Å²) in [7, 11) is 1.36. The van der Waals surface area contributed by atoms with Crippen LogP contribution >= 0.6 is 12.6 Å². The van der Waals surface area contributed by atoms with Crippen LogP contribution in [0.1, 0.15) is 10.4 Å². The summed E-state index contributed by atoms with van der Waals surface area (Å²) >= 11 is 4.01. The van der Waals surface area contributed by atoms with Crippen molar-refractivity contribution in [3.05, 3.63) is 29.8 Å². The Bertz CT molecular complexity index is 301. The molecule has 0 atom stereocenters. The van der Waals surface area contributed by atoms with E-state index in [2.05, 4.69) is 22.7 Å². The molecule has 0 aromatic heterocycles. The van der Waals surface area contributed by atoms with Crippen molar-refractivity contribution >= 4 is 24.3 Å². The molecule has 0 unspecified atom stereocenters. The minimum Gasteiger partial charge on any atom is -0.465 e. The molecule has 0 amide bonds. The highest BCUT2D eigenvalue weighted by molar-refractivity contribution is 7.80. The van der Waals surface area contributed by atoms with E-state index in [0.29, 0.717) is 11.4 Å². The molecule has 0 saturated heterocycles. The lowest BCUT2D eigenvalue weighted by atomic mass is 10.2. The minimum atomic E-state index is -0.331. The van der Waals surface area contributed by atoms with Gasteiger partial charge in [-0.05, 0) is 18.2 Å². The lowest BCUT2D eigenvalue weighted by Crippen LogP contribution is -2.02. The Morgan fingerprint density at radius 1 is 1.62 bits per heavy atom. The quantitative estimate of drug-likeness (QED) is 0.440. The Labute approximate surface area is 82.5 Å². The smallest absolute Gasteiger partial charge is 0.337 e. The van der Waals surface area contributed by atoms with Crippen molar-refractivity contribution in [3.8, 4) is 0 Å². The molecule has 0 heterocycles. The van der Waals surface area contributed by atoms with Gasteiger partial charge in [0.25, 0.3) is 0 Å². The Kier molecular flexibility index (Phi) is 3.64. The van der Waals surface area contributed by atoms with Crippen LogP contribution in [0.4, 0.5) is 5.69 Å². The van der Waals surface area contributed by atoms with Crippen molar-refractivity contribution in [2.75, 3.05) is 18.3 Å². The minimum absolute atomic E-state index is 0.331. The average Bonchev–Trinajstić information content (AvgIpc) is 2.18. The van der Waals surface area contributed by atoms with Gasteiger partial charge in [-0.25, -0.2) is 4.79 Å². The van der Waals surface area contributed by atoms with Gasteiger partial charge in [0.1, 0.15) is 0 Å². The molecule has 1 aromatic rings. The maximum atomic E-state index is 11.1. The second-order valence-corrected chi connectivity index (χ2v) is 2.72. The van der Waals surface area contributed by atoms with Gasteiger partial charge in [-0.2, -0.15) is 12.6 Å². The van der Waals surface area contributed by atoms with Crippen LogP contribution in [0.2, 0.25) is 0 Å². The first-order valence-corrected chi connectivity index (χ1v) is 4.44. The molecular formula is C9H11NO2S. The highest BCUT2D eigenvalue weighted by atomic mass is 32.1. The van der Waals surface area contributed by atoms with Crippen molar-refractivity contribution in [2.24, 2.45) is 0 Å². The fourth-order valence-electron chi connectivity index (χ4n) is 0.965. The molecule has 0 radical (unpaired) electrons. The number of carbonyl (C=O) groups excluding carboxylic acids is 1. The van der Waals surface area contributed by atoms with Crippen molar-refractivity contribution in [1.82, 2.24) is 0 Å². The molecule has 70 valence electrons. The number of methoxy groups -OCH3 is 1. The molecule has 0 bridgehead atoms. The van der Waals surface area contributed by atoms with Gasteiger partial charge in [-0.15, -0.1) is 0 Å². The van der Waals surface area contributed by atoms with Crippen LogP contribution in [0.5, 0.6) is 0 Å². The first kappa shape index (κ1) is 9.92. The van der Waals surface area contributed by atoms with E-state index in [1.807, 2.05) is 6.07 Å². The zero-order valence-corrected chi connectivity index (χ0v) is 8.17. The van der Waals surface area contributed by atoms with Gasteiger partial charge in [0.15, 0.2) is 0 Å². The van der Waals surface area contributed by atoms with Gasteiger partial charge < -0.3 is 10.1 Å². The molecule has 0 spiro atoms. The van der Waals surface area contributed by atoms with E-state index < -0.39 is 0 Å². The van der Waals surface area contributed by atoms with E-state index in [1.165, 1.54) is 7.11 Å². The van der Waals surface area contributed by atoms with Gasteiger partial charge in [0.2, 0.25) is 0 Å². The summed E-state index contributed by atoms with van der Waals surface area (Å²) < 4.78 is 4.58. The van der Waals surface area contributed by atoms with E-state index in [1.54, 1.807) is 18.2 Å². The van der Waals surface area contributed by atoms with Gasteiger partial charge in [-0.1, -0.05) is 6.07 Å². The third-order valence-electron chi connectivity index (χ3n) is 1.57. The summed E-state index contributed by atoms with van der Waals surface area (Å²) in [5.41, 5.74) is 1.40. The maximum absolute atomic E-state index is 11.1. The second-order valence-electron chi connectivity index (χ2n) is 2.41. The molecule has 0 aliphatic rings. The summed E-state index contributed by atoms with van der Waals surface area (Å²) in [4.78, 5) is 11.1. The van der Waals surface area contributed by atoms with Crippen LogP contribution < -0.4 is 5.32 Å². The number of nitrogens with one attached hydrogen (secondary N) is 1. The number of rotatable bonds is 3. The molecule has 1 aromatic carbocycles. The van der Waals surface area contributed by atoms with Crippen LogP contribution in [0.3, 0.4) is 0 Å². The fraction of sp³-hybridized carbons (Fsp3) is 0.222. The molecule has 0 saturated carbocycles. The van der Waals surface area contributed by atoms with E-state index in [4.69, 9.17) is 0 Å². The van der Waals surface area contributed by atoms with Gasteiger partial charge >= 0.3 is 5.97 Å². The number of anilines is 1. The van der Waals surface area contributed by atoms with Crippen molar-refractivity contribution < 1.29 is 9.53 Å². The number of thiol groups is 1. The zero-order chi connectivity index (χ0) is 9.68. The SMILES string of the molecule is COC(=O)c1cccc(NCS)c1. The number of esters is 1. The van der Waals surface area contributed by atoms with E-state index in [9.17, 15) is 4.79 Å². The van der Waals surface area contributed by atoms with Crippen molar-refractivity contribution in [2.45, 2.75) is 0 Å². The van der Waals surface area contributed by atoms with Gasteiger partial charge in [-0.3, -0.25) is 0 Å². The predicted molar refractivity (Wildman–Crippen MR) is 55.3 cm³/mol. The molecule has 0 aliphatic heterocycles. The van der Waals surface area contributed by atoms with Crippen LogP contribution in [0.25, 0.3) is 0 Å². The van der Waals surface area contributed by atoms with Crippen LogP contribution in [0.15, 0.2) is 24.3 Å². The van der Waals surface area contributed by atoms with Crippen molar-refractivity contribution in [1.29, 1.82) is 0 Å². The largest absolute Gasteiger partial charge is 0.465 e. The summed E-state index contributed by atoms with van der Waals surface area (Å²) in [5.74, 6) is 0.202. The first-order valence-electron chi connectivity index (χ1n) is 3.81. The summed E-state index contributed by atoms with van der Waals surface area (Å²) in [6, 6.07) is 7.08. The van der Waals surface area contributed by atoms with Gasteiger partial charge in [0.05, 0.1) is 18.6 Å². The summed E-state index contributed by atoms with van der Waals surface area (Å²) in [6.07, 6.45) is 0. The molecule has 4 heteroatoms. The highest BCUT2D eigenvalue weighted by Gasteiger charge is 2.04. The third-order valence-corrected chi connectivity index (χ3v) is 1.72. The second kappa shape index (κ2) is 4.77. The molecule has 13 heavy (non-hydrogen) atoms. The number of ether oxygens (including phenoxy) is 1. The molecule has 1 rings (SSSR count). The first-order chi connectivity index (χ1) is 6.27. The standard InChI is InChI=1S/C9H11NO2S/c1-12-9(11)7-3-2-4-8(5-7)10-6-13/h2-5,10,13H,6H2,1H3. The summed E-state index contributed by atoms with van der Waals surface area (Å²) in [5, 5.41) is 2.98.